The van der Waals surface area contributed by atoms with E-state index in [-0.39, 0.29) is 23.5 Å². The van der Waals surface area contributed by atoms with E-state index in [0.717, 1.165) is 12.1 Å². The summed E-state index contributed by atoms with van der Waals surface area (Å²) in [5, 5.41) is 11.6. The lowest BCUT2D eigenvalue weighted by Crippen LogP contribution is -2.26. The third kappa shape index (κ3) is 3.96. The lowest BCUT2D eigenvalue weighted by Gasteiger charge is -2.22. The molecule has 3 rings (SSSR count). The molecule has 10 heteroatoms. The monoisotopic (exact) mass is 402 g/mol. The zero-order chi connectivity index (χ0) is 21.1. The molecule has 1 N–H and O–H groups in total. The molecule has 0 spiro atoms. The van der Waals surface area contributed by atoms with Crippen molar-refractivity contribution in [2.45, 2.75) is 13.5 Å². The summed E-state index contributed by atoms with van der Waals surface area (Å²) in [5.74, 6) is 0.424. The number of halogens is 1. The maximum Gasteiger partial charge on any atom is 0.295 e. The van der Waals surface area contributed by atoms with Crippen LogP contribution in [0, 0.1) is 15.9 Å². The Kier molecular flexibility index (Phi) is 5.62. The van der Waals surface area contributed by atoms with Gasteiger partial charge in [-0.05, 0) is 25.1 Å². The number of aromatic amines is 1. The van der Waals surface area contributed by atoms with E-state index in [1.807, 2.05) is 0 Å². The molecule has 0 saturated heterocycles. The summed E-state index contributed by atoms with van der Waals surface area (Å²) in [5.41, 5.74) is -0.114. The van der Waals surface area contributed by atoms with Crippen LogP contribution < -0.4 is 19.9 Å². The molecular formula is C19H19FN4O5. The molecule has 152 valence electrons. The molecule has 0 radical (unpaired) electrons. The number of hydrogen-bond donors (Lipinski definition) is 1. The van der Waals surface area contributed by atoms with Crippen molar-refractivity contribution in [1.82, 2.24) is 9.97 Å². The van der Waals surface area contributed by atoms with E-state index in [4.69, 9.17) is 9.47 Å². The second kappa shape index (κ2) is 8.13. The molecule has 0 fully saturated rings. The van der Waals surface area contributed by atoms with E-state index in [0.29, 0.717) is 34.8 Å². The number of nitrogens with zero attached hydrogens (tertiary/aromatic N) is 3. The second-order valence-electron chi connectivity index (χ2n) is 6.14. The molecule has 2 aromatic carbocycles. The van der Waals surface area contributed by atoms with Gasteiger partial charge < -0.3 is 19.4 Å². The highest BCUT2D eigenvalue weighted by molar-refractivity contribution is 5.81. The number of rotatable bonds is 7. The average molecular weight is 402 g/mol. The Labute approximate surface area is 164 Å². The smallest absolute Gasteiger partial charge is 0.295 e. The Bertz CT molecular complexity index is 1130. The minimum atomic E-state index is -0.699. The first-order chi connectivity index (χ1) is 13.9. The number of hydrogen-bond acceptors (Lipinski definition) is 7. The number of aromatic nitrogens is 2. The highest BCUT2D eigenvalue weighted by Crippen LogP contribution is 2.31. The highest BCUT2D eigenvalue weighted by Gasteiger charge is 2.21. The average Bonchev–Trinajstić information content (AvgIpc) is 2.71. The van der Waals surface area contributed by atoms with Gasteiger partial charge in [-0.25, -0.2) is 9.37 Å². The molecule has 0 atom stereocenters. The third-order valence-electron chi connectivity index (χ3n) is 4.46. The number of nitrogens with one attached hydrogen (secondary N) is 1. The Morgan fingerprint density at radius 2 is 1.90 bits per heavy atom. The summed E-state index contributed by atoms with van der Waals surface area (Å²) in [6, 6.07) is 6.48. The quantitative estimate of drug-likeness (QED) is 0.478. The maximum absolute atomic E-state index is 13.5. The first kappa shape index (κ1) is 20.1. The van der Waals surface area contributed by atoms with Crippen LogP contribution in [0.2, 0.25) is 0 Å². The van der Waals surface area contributed by atoms with Crippen molar-refractivity contribution >= 4 is 22.3 Å². The molecule has 0 unspecified atom stereocenters. The standard InChI is InChI=1S/C19H19FN4O5/c1-4-23(14-6-5-11(20)7-15(14)24(26)27)10-18-21-13-9-17(29-3)16(28-2)8-12(13)19(25)22-18/h5-9H,4,10H2,1-3H3,(H,21,22,25). The predicted molar refractivity (Wildman–Crippen MR) is 105 cm³/mol. The number of fused-ring (bicyclic) bond motifs is 1. The number of ether oxygens (including phenoxy) is 2. The SMILES string of the molecule is CCN(Cc1nc2cc(OC)c(OC)cc2c(=O)[nH]1)c1ccc(F)cc1[N+](=O)[O-]. The normalized spacial score (nSPS) is 10.8. The van der Waals surface area contributed by atoms with Crippen LogP contribution in [-0.4, -0.2) is 35.7 Å². The first-order valence-corrected chi connectivity index (χ1v) is 8.71. The molecule has 0 aliphatic heterocycles. The van der Waals surface area contributed by atoms with Crippen LogP contribution in [0.1, 0.15) is 12.7 Å². The van der Waals surface area contributed by atoms with Crippen molar-refractivity contribution in [1.29, 1.82) is 0 Å². The summed E-state index contributed by atoms with van der Waals surface area (Å²) < 4.78 is 23.9. The number of methoxy groups -OCH3 is 2. The zero-order valence-electron chi connectivity index (χ0n) is 16.1. The van der Waals surface area contributed by atoms with Gasteiger partial charge >= 0.3 is 0 Å². The number of nitro benzene ring substituents is 1. The molecule has 0 saturated carbocycles. The van der Waals surface area contributed by atoms with Gasteiger partial charge in [0.25, 0.3) is 11.2 Å². The molecule has 1 aromatic heterocycles. The molecule has 29 heavy (non-hydrogen) atoms. The van der Waals surface area contributed by atoms with Crippen LogP contribution in [0.3, 0.4) is 0 Å². The van der Waals surface area contributed by atoms with Crippen LogP contribution in [-0.2, 0) is 6.54 Å². The van der Waals surface area contributed by atoms with E-state index in [1.165, 1.54) is 26.4 Å². The largest absolute Gasteiger partial charge is 0.493 e. The third-order valence-corrected chi connectivity index (χ3v) is 4.46. The van der Waals surface area contributed by atoms with Crippen molar-refractivity contribution in [3.05, 3.63) is 62.4 Å². The molecule has 0 aliphatic carbocycles. The summed E-state index contributed by atoms with van der Waals surface area (Å²) in [7, 11) is 2.94. The lowest BCUT2D eigenvalue weighted by atomic mass is 10.2. The number of H-pyrrole nitrogens is 1. The summed E-state index contributed by atoms with van der Waals surface area (Å²) in [6.07, 6.45) is 0. The van der Waals surface area contributed by atoms with Gasteiger partial charge in [0.05, 0.1) is 42.7 Å². The first-order valence-electron chi connectivity index (χ1n) is 8.71. The van der Waals surface area contributed by atoms with Gasteiger partial charge in [-0.15, -0.1) is 0 Å². The van der Waals surface area contributed by atoms with Crippen molar-refractivity contribution in [2.24, 2.45) is 0 Å². The van der Waals surface area contributed by atoms with Crippen LogP contribution in [0.25, 0.3) is 10.9 Å². The van der Waals surface area contributed by atoms with Crippen LogP contribution in [0.5, 0.6) is 11.5 Å². The number of benzene rings is 2. The van der Waals surface area contributed by atoms with Crippen molar-refractivity contribution in [3.8, 4) is 11.5 Å². The van der Waals surface area contributed by atoms with E-state index in [9.17, 15) is 19.3 Å². The van der Waals surface area contributed by atoms with Gasteiger partial charge in [0.15, 0.2) is 11.5 Å². The Hall–Kier alpha value is -3.69. The van der Waals surface area contributed by atoms with Gasteiger partial charge in [-0.1, -0.05) is 0 Å². The molecule has 0 bridgehead atoms. The highest BCUT2D eigenvalue weighted by atomic mass is 19.1. The van der Waals surface area contributed by atoms with Gasteiger partial charge in [-0.2, -0.15) is 0 Å². The minimum Gasteiger partial charge on any atom is -0.493 e. The molecule has 9 nitrogen and oxygen atoms in total. The molecule has 0 amide bonds. The van der Waals surface area contributed by atoms with Gasteiger partial charge in [-0.3, -0.25) is 14.9 Å². The number of anilines is 1. The molecule has 1 heterocycles. The fraction of sp³-hybridized carbons (Fsp3) is 0.263. The maximum atomic E-state index is 13.5. The Balaban J connectivity index is 2.05. The topological polar surface area (TPSA) is 111 Å². The number of nitro groups is 1. The van der Waals surface area contributed by atoms with Crippen LogP contribution >= 0.6 is 0 Å². The van der Waals surface area contributed by atoms with Gasteiger partial charge in [0, 0.05) is 12.6 Å². The Morgan fingerprint density at radius 3 is 2.52 bits per heavy atom. The van der Waals surface area contributed by atoms with Crippen molar-refractivity contribution < 1.29 is 18.8 Å². The van der Waals surface area contributed by atoms with E-state index < -0.39 is 10.7 Å². The van der Waals surface area contributed by atoms with E-state index in [1.54, 1.807) is 17.9 Å². The lowest BCUT2D eigenvalue weighted by molar-refractivity contribution is -0.384. The van der Waals surface area contributed by atoms with E-state index >= 15 is 0 Å². The van der Waals surface area contributed by atoms with Gasteiger partial charge in [0.1, 0.15) is 17.3 Å². The summed E-state index contributed by atoms with van der Waals surface area (Å²) >= 11 is 0. The fourth-order valence-electron chi connectivity index (χ4n) is 3.05. The van der Waals surface area contributed by atoms with E-state index in [2.05, 4.69) is 9.97 Å². The molecule has 0 aliphatic rings. The fourth-order valence-corrected chi connectivity index (χ4v) is 3.05. The van der Waals surface area contributed by atoms with Gasteiger partial charge in [0.2, 0.25) is 0 Å². The predicted octanol–water partition coefficient (Wildman–Crippen LogP) is 3.01. The summed E-state index contributed by atoms with van der Waals surface area (Å²) in [6.45, 7) is 2.25. The zero-order valence-corrected chi connectivity index (χ0v) is 16.1. The summed E-state index contributed by atoms with van der Waals surface area (Å²) in [4.78, 5) is 32.0. The van der Waals surface area contributed by atoms with Crippen molar-refractivity contribution in [2.75, 3.05) is 25.7 Å². The van der Waals surface area contributed by atoms with Crippen LogP contribution in [0.4, 0.5) is 15.8 Å². The molecular weight excluding hydrogens is 383 g/mol. The Morgan fingerprint density at radius 1 is 1.21 bits per heavy atom. The van der Waals surface area contributed by atoms with Crippen LogP contribution in [0.15, 0.2) is 35.1 Å². The van der Waals surface area contributed by atoms with Crippen molar-refractivity contribution in [3.63, 3.8) is 0 Å². The second-order valence-corrected chi connectivity index (χ2v) is 6.14. The molecule has 3 aromatic rings. The minimum absolute atomic E-state index is 0.0858.